The maximum Gasteiger partial charge on any atom is 0.256 e. The first-order valence-electron chi connectivity index (χ1n) is 12.1. The minimum Gasteiger partial charge on any atom is -0.342 e. The number of aryl methyl sites for hydroxylation is 1. The molecule has 2 aliphatic rings. The number of aromatic nitrogens is 6. The lowest BCUT2D eigenvalue weighted by atomic mass is 9.79. The summed E-state index contributed by atoms with van der Waals surface area (Å²) in [6.07, 6.45) is 8.88. The molecular formula is C25H30FN7O. The van der Waals surface area contributed by atoms with Crippen LogP contribution in [0.1, 0.15) is 75.0 Å². The highest BCUT2D eigenvalue weighted by Gasteiger charge is 2.41. The Bertz CT molecular complexity index is 1210. The Kier molecular flexibility index (Phi) is 6.02. The molecule has 8 nitrogen and oxygen atoms in total. The molecule has 1 saturated carbocycles. The third-order valence-electron chi connectivity index (χ3n) is 6.82. The van der Waals surface area contributed by atoms with Crippen LogP contribution in [-0.2, 0) is 23.3 Å². The summed E-state index contributed by atoms with van der Waals surface area (Å²) in [7, 11) is 0. The molecule has 178 valence electrons. The van der Waals surface area contributed by atoms with Crippen LogP contribution in [-0.4, -0.2) is 36.3 Å². The second kappa shape index (κ2) is 9.12. The Hall–Kier alpha value is -3.36. The number of tetrazole rings is 1. The summed E-state index contributed by atoms with van der Waals surface area (Å²) in [5.74, 6) is 0.285. The average Bonchev–Trinajstić information content (AvgIpc) is 3.24. The number of carbonyl (C=O) groups is 1. The van der Waals surface area contributed by atoms with Crippen LogP contribution in [0.5, 0.6) is 0 Å². The molecule has 1 fully saturated rings. The second-order valence-electron chi connectivity index (χ2n) is 9.70. The van der Waals surface area contributed by atoms with E-state index in [2.05, 4.69) is 32.9 Å². The summed E-state index contributed by atoms with van der Waals surface area (Å²) in [4.78, 5) is 13.4. The molecule has 1 aromatic carbocycles. The number of unbranched alkanes of at least 4 members (excludes halogenated alkanes) is 2. The van der Waals surface area contributed by atoms with Crippen molar-refractivity contribution >= 4 is 17.1 Å². The van der Waals surface area contributed by atoms with Crippen molar-refractivity contribution in [3.8, 4) is 0 Å². The topological polar surface area (TPSA) is 101 Å². The quantitative estimate of drug-likeness (QED) is 0.467. The molecule has 0 unspecified atom stereocenters. The van der Waals surface area contributed by atoms with Gasteiger partial charge in [0.25, 0.3) is 5.91 Å². The standard InChI is InChI=1S/C25H30FN7O/c1-3-4-5-6-16-9-10-19(20(26)13-16)25(2)14-18(21-11-12-33(30-21)15-17-7-8-17)22(24(34)27-25)23-28-31-32-29-23/h9-13,17H,3-8,14-15H2,1-2H3,(H,27,34)(H,28,29,31,32)/t25-/m0/s1. The average molecular weight is 464 g/mol. The van der Waals surface area contributed by atoms with Gasteiger partial charge in [-0.1, -0.05) is 31.9 Å². The van der Waals surface area contributed by atoms with E-state index in [1.165, 1.54) is 12.8 Å². The van der Waals surface area contributed by atoms with Gasteiger partial charge in [0.2, 0.25) is 0 Å². The molecule has 34 heavy (non-hydrogen) atoms. The monoisotopic (exact) mass is 463 g/mol. The molecule has 1 atom stereocenters. The van der Waals surface area contributed by atoms with Gasteiger partial charge in [0.1, 0.15) is 5.82 Å². The lowest BCUT2D eigenvalue weighted by Crippen LogP contribution is -2.48. The minimum atomic E-state index is -0.935. The molecule has 2 aromatic heterocycles. The number of amides is 1. The van der Waals surface area contributed by atoms with Crippen molar-refractivity contribution in [2.24, 2.45) is 5.92 Å². The Morgan fingerprint density at radius 2 is 2.09 bits per heavy atom. The molecule has 0 bridgehead atoms. The fraction of sp³-hybridized carbons (Fsp3) is 0.480. The van der Waals surface area contributed by atoms with Crippen molar-refractivity contribution in [2.45, 2.75) is 70.9 Å². The highest BCUT2D eigenvalue weighted by molar-refractivity contribution is 6.27. The van der Waals surface area contributed by atoms with Crippen molar-refractivity contribution < 1.29 is 9.18 Å². The van der Waals surface area contributed by atoms with Crippen molar-refractivity contribution in [3.05, 3.63) is 58.9 Å². The Morgan fingerprint density at radius 3 is 2.79 bits per heavy atom. The van der Waals surface area contributed by atoms with Crippen molar-refractivity contribution in [1.29, 1.82) is 0 Å². The van der Waals surface area contributed by atoms with Crippen LogP contribution < -0.4 is 5.32 Å². The maximum atomic E-state index is 15.3. The molecule has 0 spiro atoms. The van der Waals surface area contributed by atoms with Gasteiger partial charge >= 0.3 is 0 Å². The Labute approximate surface area is 198 Å². The van der Waals surface area contributed by atoms with Crippen LogP contribution in [0.15, 0.2) is 30.5 Å². The maximum absolute atomic E-state index is 15.3. The number of halogens is 1. The van der Waals surface area contributed by atoms with Gasteiger partial charge in [-0.25, -0.2) is 9.49 Å². The van der Waals surface area contributed by atoms with Crippen molar-refractivity contribution in [2.75, 3.05) is 0 Å². The lowest BCUT2D eigenvalue weighted by Gasteiger charge is -2.37. The number of rotatable bonds is 9. The second-order valence-corrected chi connectivity index (χ2v) is 9.70. The first-order valence-corrected chi connectivity index (χ1v) is 12.1. The molecule has 0 radical (unpaired) electrons. The summed E-state index contributed by atoms with van der Waals surface area (Å²) in [6, 6.07) is 7.29. The predicted molar refractivity (Wildman–Crippen MR) is 126 cm³/mol. The molecule has 0 saturated heterocycles. The summed E-state index contributed by atoms with van der Waals surface area (Å²) >= 11 is 0. The van der Waals surface area contributed by atoms with Gasteiger partial charge in [0, 0.05) is 24.7 Å². The number of H-pyrrole nitrogens is 1. The largest absolute Gasteiger partial charge is 0.342 e. The smallest absolute Gasteiger partial charge is 0.256 e. The number of hydrogen-bond donors (Lipinski definition) is 2. The van der Waals surface area contributed by atoms with E-state index in [1.54, 1.807) is 12.1 Å². The minimum absolute atomic E-state index is 0.276. The normalized spacial score (nSPS) is 20.6. The zero-order chi connectivity index (χ0) is 23.7. The van der Waals surface area contributed by atoms with Gasteiger partial charge in [-0.15, -0.1) is 5.10 Å². The SMILES string of the molecule is CCCCCc1ccc([C@]2(C)CC(c3ccn(CC4CC4)n3)=C(c3nnn[nH]3)C(=O)N2)c(F)c1. The number of nitrogens with one attached hydrogen (secondary N) is 2. The predicted octanol–water partition coefficient (Wildman–Crippen LogP) is 4.02. The molecule has 3 heterocycles. The van der Waals surface area contributed by atoms with Crippen molar-refractivity contribution in [1.82, 2.24) is 35.7 Å². The van der Waals surface area contributed by atoms with E-state index in [9.17, 15) is 4.79 Å². The fourth-order valence-electron chi connectivity index (χ4n) is 4.76. The van der Waals surface area contributed by atoms with Gasteiger partial charge in [0.15, 0.2) is 5.82 Å². The Balaban J connectivity index is 1.50. The third-order valence-corrected chi connectivity index (χ3v) is 6.82. The first kappa shape index (κ1) is 22.4. The van der Waals surface area contributed by atoms with Crippen LogP contribution in [0, 0.1) is 11.7 Å². The van der Waals surface area contributed by atoms with Crippen LogP contribution in [0.3, 0.4) is 0 Å². The van der Waals surface area contributed by atoms with Gasteiger partial charge in [-0.2, -0.15) is 5.10 Å². The van der Waals surface area contributed by atoms with E-state index in [1.807, 2.05) is 29.9 Å². The first-order chi connectivity index (χ1) is 16.5. The number of aromatic amines is 1. The molecule has 9 heteroatoms. The molecular weight excluding hydrogens is 433 g/mol. The zero-order valence-electron chi connectivity index (χ0n) is 19.6. The van der Waals surface area contributed by atoms with Gasteiger partial charge in [0.05, 0.1) is 16.8 Å². The molecule has 1 aliphatic carbocycles. The molecule has 1 aliphatic heterocycles. The van der Waals surface area contributed by atoms with E-state index in [4.69, 9.17) is 5.10 Å². The molecule has 5 rings (SSSR count). The van der Waals surface area contributed by atoms with Crippen molar-refractivity contribution in [3.63, 3.8) is 0 Å². The Morgan fingerprint density at radius 1 is 1.24 bits per heavy atom. The number of nitrogens with zero attached hydrogens (tertiary/aromatic N) is 5. The third kappa shape index (κ3) is 4.51. The van der Waals surface area contributed by atoms with E-state index in [-0.39, 0.29) is 17.5 Å². The van der Waals surface area contributed by atoms with Gasteiger partial charge in [-0.3, -0.25) is 9.48 Å². The van der Waals surface area contributed by atoms with Gasteiger partial charge < -0.3 is 5.32 Å². The summed E-state index contributed by atoms with van der Waals surface area (Å²) in [5.41, 5.74) is 2.23. The van der Waals surface area contributed by atoms with Crippen LogP contribution in [0.2, 0.25) is 0 Å². The highest BCUT2D eigenvalue weighted by atomic mass is 19.1. The van der Waals surface area contributed by atoms with E-state index in [0.717, 1.165) is 37.8 Å². The fourth-order valence-corrected chi connectivity index (χ4v) is 4.76. The van der Waals surface area contributed by atoms with Gasteiger partial charge in [-0.05, 0) is 72.2 Å². The molecule has 2 N–H and O–H groups in total. The summed E-state index contributed by atoms with van der Waals surface area (Å²) in [5, 5.41) is 21.7. The summed E-state index contributed by atoms with van der Waals surface area (Å²) < 4.78 is 17.3. The van der Waals surface area contributed by atoms with Crippen LogP contribution in [0.4, 0.5) is 4.39 Å². The number of benzene rings is 1. The zero-order valence-corrected chi connectivity index (χ0v) is 19.6. The van der Waals surface area contributed by atoms with E-state index >= 15 is 4.39 Å². The van der Waals surface area contributed by atoms with E-state index in [0.29, 0.717) is 34.7 Å². The van der Waals surface area contributed by atoms with E-state index < -0.39 is 5.54 Å². The number of hydrogen-bond acceptors (Lipinski definition) is 5. The molecule has 1 amide bonds. The highest BCUT2D eigenvalue weighted by Crippen LogP contribution is 2.41. The lowest BCUT2D eigenvalue weighted by molar-refractivity contribution is -0.117. The van der Waals surface area contributed by atoms with Crippen LogP contribution >= 0.6 is 0 Å². The number of carbonyl (C=O) groups excluding carboxylic acids is 1. The van der Waals surface area contributed by atoms with Crippen LogP contribution in [0.25, 0.3) is 11.1 Å². The summed E-state index contributed by atoms with van der Waals surface area (Å²) in [6.45, 7) is 4.88. The molecule has 3 aromatic rings.